The van der Waals surface area contributed by atoms with Gasteiger partial charge in [-0.25, -0.2) is 0 Å². The van der Waals surface area contributed by atoms with Crippen LogP contribution in [0, 0.1) is 0 Å². The van der Waals surface area contributed by atoms with Crippen LogP contribution in [0.3, 0.4) is 0 Å². The van der Waals surface area contributed by atoms with Gasteiger partial charge in [0, 0.05) is 31.0 Å². The monoisotopic (exact) mass is 460 g/mol. The number of para-hydroxylation sites is 3. The molecule has 176 valence electrons. The van der Waals surface area contributed by atoms with Gasteiger partial charge in [-0.3, -0.25) is 14.4 Å². The highest BCUT2D eigenvalue weighted by atomic mass is 16.5. The molecule has 0 spiro atoms. The Morgan fingerprint density at radius 2 is 1.47 bits per heavy atom. The summed E-state index contributed by atoms with van der Waals surface area (Å²) in [5, 5.41) is 8.70. The molecular weight excluding hydrogens is 432 g/mol. The molecule has 0 aliphatic carbocycles. The van der Waals surface area contributed by atoms with E-state index in [4.69, 9.17) is 4.74 Å². The second-order valence-electron chi connectivity index (χ2n) is 7.76. The SMILES string of the molecule is COc1ccccc1NC(=O)c1ccc(NC(=O)CNc2ccccc2CC(=O)N(C)C)cc1. The van der Waals surface area contributed by atoms with Crippen molar-refractivity contribution < 1.29 is 19.1 Å². The number of methoxy groups -OCH3 is 1. The van der Waals surface area contributed by atoms with Gasteiger partial charge in [-0.1, -0.05) is 30.3 Å². The number of hydrogen-bond acceptors (Lipinski definition) is 5. The normalized spacial score (nSPS) is 10.2. The highest BCUT2D eigenvalue weighted by molar-refractivity contribution is 6.05. The highest BCUT2D eigenvalue weighted by Gasteiger charge is 2.12. The maximum Gasteiger partial charge on any atom is 0.255 e. The molecule has 0 heterocycles. The minimum atomic E-state index is -0.284. The predicted molar refractivity (Wildman–Crippen MR) is 133 cm³/mol. The number of carbonyl (C=O) groups is 3. The summed E-state index contributed by atoms with van der Waals surface area (Å²) in [6, 6.07) is 21.1. The number of nitrogens with zero attached hydrogens (tertiary/aromatic N) is 1. The molecule has 3 amide bonds. The summed E-state index contributed by atoms with van der Waals surface area (Å²) >= 11 is 0. The van der Waals surface area contributed by atoms with Crippen LogP contribution in [0.1, 0.15) is 15.9 Å². The van der Waals surface area contributed by atoms with E-state index in [0.29, 0.717) is 22.7 Å². The lowest BCUT2D eigenvalue weighted by Crippen LogP contribution is -2.25. The van der Waals surface area contributed by atoms with Gasteiger partial charge in [0.05, 0.1) is 25.8 Å². The quantitative estimate of drug-likeness (QED) is 0.453. The summed E-state index contributed by atoms with van der Waals surface area (Å²) in [7, 11) is 4.96. The van der Waals surface area contributed by atoms with Gasteiger partial charge in [-0.05, 0) is 48.0 Å². The maximum absolute atomic E-state index is 12.5. The first-order chi connectivity index (χ1) is 16.4. The minimum absolute atomic E-state index is 0.0199. The molecule has 0 atom stereocenters. The van der Waals surface area contributed by atoms with E-state index in [1.165, 1.54) is 4.90 Å². The minimum Gasteiger partial charge on any atom is -0.495 e. The molecule has 0 aliphatic rings. The number of amides is 3. The smallest absolute Gasteiger partial charge is 0.255 e. The van der Waals surface area contributed by atoms with Crippen LogP contribution in [0.4, 0.5) is 17.1 Å². The Kier molecular flexibility index (Phi) is 8.23. The van der Waals surface area contributed by atoms with E-state index in [-0.39, 0.29) is 30.7 Å². The van der Waals surface area contributed by atoms with Crippen molar-refractivity contribution in [2.45, 2.75) is 6.42 Å². The molecule has 0 aliphatic heterocycles. The van der Waals surface area contributed by atoms with Crippen molar-refractivity contribution in [1.29, 1.82) is 0 Å². The third kappa shape index (κ3) is 6.59. The molecule has 0 saturated heterocycles. The van der Waals surface area contributed by atoms with Crippen molar-refractivity contribution >= 4 is 34.8 Å². The molecule has 0 fully saturated rings. The fraction of sp³-hybridized carbons (Fsp3) is 0.192. The standard InChI is InChI=1S/C26H28N4O4/c1-30(2)25(32)16-19-8-4-5-9-21(19)27-17-24(31)28-20-14-12-18(13-15-20)26(33)29-22-10-6-7-11-23(22)34-3/h4-15,27H,16-17H2,1-3H3,(H,28,31)(H,29,33). The lowest BCUT2D eigenvalue weighted by Gasteiger charge is -2.14. The predicted octanol–water partition coefficient (Wildman–Crippen LogP) is 3.63. The number of rotatable bonds is 9. The van der Waals surface area contributed by atoms with Crippen LogP contribution in [0.2, 0.25) is 0 Å². The van der Waals surface area contributed by atoms with Crippen molar-refractivity contribution in [3.05, 3.63) is 83.9 Å². The van der Waals surface area contributed by atoms with Crippen LogP contribution >= 0.6 is 0 Å². The van der Waals surface area contributed by atoms with Crippen molar-refractivity contribution in [3.8, 4) is 5.75 Å². The molecule has 0 aromatic heterocycles. The van der Waals surface area contributed by atoms with Crippen LogP contribution in [0.25, 0.3) is 0 Å². The second kappa shape index (κ2) is 11.5. The number of benzene rings is 3. The summed E-state index contributed by atoms with van der Waals surface area (Å²) < 4.78 is 5.25. The molecule has 3 aromatic carbocycles. The van der Waals surface area contributed by atoms with E-state index in [0.717, 1.165) is 11.3 Å². The molecule has 0 saturated carbocycles. The van der Waals surface area contributed by atoms with Crippen molar-refractivity contribution in [2.24, 2.45) is 0 Å². The number of likely N-dealkylation sites (N-methyl/N-ethyl adjacent to an activating group) is 1. The number of carbonyl (C=O) groups excluding carboxylic acids is 3. The molecule has 8 nitrogen and oxygen atoms in total. The Labute approximate surface area is 198 Å². The summed E-state index contributed by atoms with van der Waals surface area (Å²) in [5.41, 5.74) is 3.14. The molecule has 0 radical (unpaired) electrons. The van der Waals surface area contributed by atoms with Gasteiger partial charge >= 0.3 is 0 Å². The van der Waals surface area contributed by atoms with E-state index >= 15 is 0 Å². The summed E-state index contributed by atoms with van der Waals surface area (Å²) in [6.45, 7) is 0.0310. The van der Waals surface area contributed by atoms with E-state index in [9.17, 15) is 14.4 Å². The topological polar surface area (TPSA) is 99.8 Å². The first kappa shape index (κ1) is 24.3. The molecule has 8 heteroatoms. The van der Waals surface area contributed by atoms with Crippen molar-refractivity contribution in [3.63, 3.8) is 0 Å². The van der Waals surface area contributed by atoms with Crippen LogP contribution < -0.4 is 20.7 Å². The van der Waals surface area contributed by atoms with Crippen LogP contribution in [-0.2, 0) is 16.0 Å². The van der Waals surface area contributed by atoms with Gasteiger partial charge < -0.3 is 25.6 Å². The molecule has 3 aromatic rings. The Balaban J connectivity index is 1.55. The van der Waals surface area contributed by atoms with Gasteiger partial charge in [0.1, 0.15) is 5.75 Å². The Morgan fingerprint density at radius 1 is 0.824 bits per heavy atom. The fourth-order valence-corrected chi connectivity index (χ4v) is 3.20. The van der Waals surface area contributed by atoms with Gasteiger partial charge in [-0.2, -0.15) is 0 Å². The first-order valence-corrected chi connectivity index (χ1v) is 10.7. The van der Waals surface area contributed by atoms with E-state index < -0.39 is 0 Å². The zero-order chi connectivity index (χ0) is 24.5. The van der Waals surface area contributed by atoms with E-state index in [1.807, 2.05) is 36.4 Å². The van der Waals surface area contributed by atoms with Crippen molar-refractivity contribution in [1.82, 2.24) is 4.90 Å². The Morgan fingerprint density at radius 3 is 2.15 bits per heavy atom. The molecule has 34 heavy (non-hydrogen) atoms. The number of hydrogen-bond donors (Lipinski definition) is 3. The summed E-state index contributed by atoms with van der Waals surface area (Å²) in [6.07, 6.45) is 0.246. The largest absolute Gasteiger partial charge is 0.495 e. The van der Waals surface area contributed by atoms with Crippen LogP contribution in [-0.4, -0.2) is 50.4 Å². The molecule has 3 rings (SSSR count). The van der Waals surface area contributed by atoms with Crippen LogP contribution in [0.5, 0.6) is 5.75 Å². The Hall–Kier alpha value is -4.33. The highest BCUT2D eigenvalue weighted by Crippen LogP contribution is 2.24. The second-order valence-corrected chi connectivity index (χ2v) is 7.76. The number of nitrogens with one attached hydrogen (secondary N) is 3. The van der Waals surface area contributed by atoms with E-state index in [2.05, 4.69) is 16.0 Å². The average Bonchev–Trinajstić information content (AvgIpc) is 2.84. The molecule has 0 unspecified atom stereocenters. The third-order valence-electron chi connectivity index (χ3n) is 5.08. The van der Waals surface area contributed by atoms with Gasteiger partial charge in [0.25, 0.3) is 5.91 Å². The molecule has 3 N–H and O–H groups in total. The Bertz CT molecular complexity index is 1160. The zero-order valence-corrected chi connectivity index (χ0v) is 19.4. The van der Waals surface area contributed by atoms with Crippen molar-refractivity contribution in [2.75, 3.05) is 43.7 Å². The maximum atomic E-state index is 12.5. The lowest BCUT2D eigenvalue weighted by atomic mass is 10.1. The summed E-state index contributed by atoms with van der Waals surface area (Å²) in [5.74, 6) is 0.0151. The number of anilines is 3. The molecular formula is C26H28N4O4. The summed E-state index contributed by atoms with van der Waals surface area (Å²) in [4.78, 5) is 38.5. The van der Waals surface area contributed by atoms with Gasteiger partial charge in [-0.15, -0.1) is 0 Å². The molecule has 0 bridgehead atoms. The third-order valence-corrected chi connectivity index (χ3v) is 5.08. The van der Waals surface area contributed by atoms with Gasteiger partial charge in [0.15, 0.2) is 0 Å². The van der Waals surface area contributed by atoms with Crippen LogP contribution in [0.15, 0.2) is 72.8 Å². The van der Waals surface area contributed by atoms with E-state index in [1.54, 1.807) is 57.6 Å². The fourth-order valence-electron chi connectivity index (χ4n) is 3.20. The average molecular weight is 461 g/mol. The lowest BCUT2D eigenvalue weighted by molar-refractivity contribution is -0.127. The van der Waals surface area contributed by atoms with Gasteiger partial charge in [0.2, 0.25) is 11.8 Å². The first-order valence-electron chi connectivity index (χ1n) is 10.7. The zero-order valence-electron chi connectivity index (χ0n) is 19.4. The number of ether oxygens (including phenoxy) is 1.